The topological polar surface area (TPSA) is 67.2 Å². The first kappa shape index (κ1) is 17.5. The Morgan fingerprint density at radius 2 is 1.75 bits per heavy atom. The first-order chi connectivity index (χ1) is 13.7. The Morgan fingerprint density at radius 1 is 1.00 bits per heavy atom. The molecule has 0 unspecified atom stereocenters. The van der Waals surface area contributed by atoms with E-state index in [1.54, 1.807) is 18.6 Å². The van der Waals surface area contributed by atoms with Crippen molar-refractivity contribution in [1.82, 2.24) is 15.4 Å². The van der Waals surface area contributed by atoms with Gasteiger partial charge in [0.2, 0.25) is 0 Å². The molecule has 0 bridgehead atoms. The Balaban J connectivity index is 1.69. The lowest BCUT2D eigenvalue weighted by molar-refractivity contribution is 0.0956. The van der Waals surface area contributed by atoms with Crippen LogP contribution in [0.3, 0.4) is 0 Å². The minimum absolute atomic E-state index is 0.280. The summed E-state index contributed by atoms with van der Waals surface area (Å²) >= 11 is 0. The molecule has 0 aliphatic carbocycles. The van der Waals surface area contributed by atoms with Crippen LogP contribution in [0.1, 0.15) is 21.5 Å². The van der Waals surface area contributed by atoms with E-state index in [0.29, 0.717) is 5.56 Å². The summed E-state index contributed by atoms with van der Waals surface area (Å²) in [7, 11) is 0. The van der Waals surface area contributed by atoms with Crippen molar-refractivity contribution in [2.45, 2.75) is 6.92 Å². The van der Waals surface area contributed by atoms with Gasteiger partial charge in [0.05, 0.1) is 23.0 Å². The molecule has 0 spiro atoms. The summed E-state index contributed by atoms with van der Waals surface area (Å²) in [6.07, 6.45) is 4.94. The van der Waals surface area contributed by atoms with E-state index in [2.05, 4.69) is 15.5 Å². The maximum Gasteiger partial charge on any atom is 0.272 e. The van der Waals surface area contributed by atoms with E-state index in [-0.39, 0.29) is 5.91 Å². The second-order valence-electron chi connectivity index (χ2n) is 6.42. The van der Waals surface area contributed by atoms with Crippen molar-refractivity contribution >= 4 is 23.0 Å². The van der Waals surface area contributed by atoms with Crippen LogP contribution in [0.25, 0.3) is 22.2 Å². The number of benzene rings is 2. The highest BCUT2D eigenvalue weighted by Crippen LogP contribution is 2.25. The summed E-state index contributed by atoms with van der Waals surface area (Å²) in [5.41, 5.74) is 7.66. The predicted octanol–water partition coefficient (Wildman–Crippen LogP) is 4.37. The van der Waals surface area contributed by atoms with Crippen LogP contribution in [0, 0.1) is 6.92 Å². The summed E-state index contributed by atoms with van der Waals surface area (Å²) in [4.78, 5) is 21.5. The summed E-state index contributed by atoms with van der Waals surface area (Å²) in [5, 5.41) is 4.85. The van der Waals surface area contributed by atoms with Crippen LogP contribution in [0.4, 0.5) is 0 Å². The summed E-state index contributed by atoms with van der Waals surface area (Å²) < 4.78 is 0. The van der Waals surface area contributed by atoms with Gasteiger partial charge in [-0.25, -0.2) is 10.4 Å². The zero-order chi connectivity index (χ0) is 19.3. The van der Waals surface area contributed by atoms with Crippen LogP contribution < -0.4 is 5.43 Å². The molecule has 4 rings (SSSR count). The number of aryl methyl sites for hydroxylation is 1. The predicted molar refractivity (Wildman–Crippen MR) is 111 cm³/mol. The number of nitrogens with zero attached hydrogens (tertiary/aromatic N) is 3. The van der Waals surface area contributed by atoms with Gasteiger partial charge >= 0.3 is 0 Å². The molecule has 0 atom stereocenters. The molecule has 5 nitrogen and oxygen atoms in total. The lowest BCUT2D eigenvalue weighted by atomic mass is 10.0. The van der Waals surface area contributed by atoms with Gasteiger partial charge in [0.15, 0.2) is 0 Å². The first-order valence-electron chi connectivity index (χ1n) is 8.91. The average Bonchev–Trinajstić information content (AvgIpc) is 2.74. The number of hydrogen-bond acceptors (Lipinski definition) is 4. The fraction of sp³-hybridized carbons (Fsp3) is 0.0435. The molecule has 2 heterocycles. The normalized spacial score (nSPS) is 11.0. The standard InChI is InChI=1S/C23H18N4O/c1-16-6-8-18(9-7-16)22-14-20(19-4-2-3-5-21(19)26-22)23(28)27-25-15-17-10-12-24-13-11-17/h2-15H,1H3,(H,27,28)/b25-15-. The van der Waals surface area contributed by atoms with Crippen molar-refractivity contribution in [3.05, 3.63) is 95.8 Å². The minimum Gasteiger partial charge on any atom is -0.267 e. The molecule has 0 saturated carbocycles. The monoisotopic (exact) mass is 366 g/mol. The van der Waals surface area contributed by atoms with Crippen LogP contribution in [0.2, 0.25) is 0 Å². The molecule has 0 aliphatic heterocycles. The molecule has 136 valence electrons. The summed E-state index contributed by atoms with van der Waals surface area (Å²) in [6, 6.07) is 21.1. The van der Waals surface area contributed by atoms with Gasteiger partial charge in [-0.2, -0.15) is 5.10 Å². The van der Waals surface area contributed by atoms with E-state index in [4.69, 9.17) is 4.98 Å². The molecule has 28 heavy (non-hydrogen) atoms. The van der Waals surface area contributed by atoms with E-state index >= 15 is 0 Å². The van der Waals surface area contributed by atoms with Crippen molar-refractivity contribution < 1.29 is 4.79 Å². The second kappa shape index (κ2) is 7.80. The number of fused-ring (bicyclic) bond motifs is 1. The van der Waals surface area contributed by atoms with Crippen molar-refractivity contribution in [2.24, 2.45) is 5.10 Å². The summed E-state index contributed by atoms with van der Waals surface area (Å²) in [5.74, 6) is -0.280. The Bertz CT molecular complexity index is 1150. The molecule has 1 amide bonds. The number of rotatable bonds is 4. The number of amides is 1. The third-order valence-electron chi connectivity index (χ3n) is 4.39. The third kappa shape index (κ3) is 3.78. The lowest BCUT2D eigenvalue weighted by Crippen LogP contribution is -2.18. The fourth-order valence-electron chi connectivity index (χ4n) is 2.91. The number of para-hydroxylation sites is 1. The Kier molecular flexibility index (Phi) is 4.89. The Labute approximate surface area is 162 Å². The van der Waals surface area contributed by atoms with Crippen molar-refractivity contribution in [2.75, 3.05) is 0 Å². The Morgan fingerprint density at radius 3 is 2.54 bits per heavy atom. The lowest BCUT2D eigenvalue weighted by Gasteiger charge is -2.09. The molecule has 5 heteroatoms. The van der Waals surface area contributed by atoms with E-state index in [9.17, 15) is 4.79 Å². The minimum atomic E-state index is -0.280. The molecule has 2 aromatic carbocycles. The first-order valence-corrected chi connectivity index (χ1v) is 8.91. The third-order valence-corrected chi connectivity index (χ3v) is 4.39. The van der Waals surface area contributed by atoms with E-state index < -0.39 is 0 Å². The average molecular weight is 366 g/mol. The smallest absolute Gasteiger partial charge is 0.267 e. The molecule has 0 saturated heterocycles. The van der Waals surface area contributed by atoms with Crippen LogP contribution in [-0.4, -0.2) is 22.1 Å². The van der Waals surface area contributed by atoms with E-state index in [0.717, 1.165) is 27.7 Å². The molecular formula is C23H18N4O. The molecule has 2 aromatic heterocycles. The number of carbonyl (C=O) groups excluding carboxylic acids is 1. The molecular weight excluding hydrogens is 348 g/mol. The van der Waals surface area contributed by atoms with Gasteiger partial charge in [0.1, 0.15) is 0 Å². The number of hydrazone groups is 1. The van der Waals surface area contributed by atoms with Crippen LogP contribution >= 0.6 is 0 Å². The second-order valence-corrected chi connectivity index (χ2v) is 6.42. The highest BCUT2D eigenvalue weighted by Gasteiger charge is 2.13. The maximum atomic E-state index is 12.8. The van der Waals surface area contributed by atoms with Gasteiger partial charge in [-0.15, -0.1) is 0 Å². The quantitative estimate of drug-likeness (QED) is 0.431. The van der Waals surface area contributed by atoms with E-state index in [1.165, 1.54) is 5.56 Å². The number of pyridine rings is 2. The summed E-state index contributed by atoms with van der Waals surface area (Å²) in [6.45, 7) is 2.04. The zero-order valence-corrected chi connectivity index (χ0v) is 15.3. The number of hydrogen-bond donors (Lipinski definition) is 1. The molecule has 0 fully saturated rings. The van der Waals surface area contributed by atoms with Crippen LogP contribution in [0.5, 0.6) is 0 Å². The van der Waals surface area contributed by atoms with E-state index in [1.807, 2.05) is 73.7 Å². The van der Waals surface area contributed by atoms with Crippen LogP contribution in [-0.2, 0) is 0 Å². The SMILES string of the molecule is Cc1ccc(-c2cc(C(=O)N/N=C\c3ccncc3)c3ccccc3n2)cc1. The fourth-order valence-corrected chi connectivity index (χ4v) is 2.91. The molecule has 0 aliphatic rings. The van der Waals surface area contributed by atoms with Gasteiger partial charge in [0.25, 0.3) is 5.91 Å². The van der Waals surface area contributed by atoms with Gasteiger partial charge in [0, 0.05) is 23.3 Å². The largest absolute Gasteiger partial charge is 0.272 e. The highest BCUT2D eigenvalue weighted by atomic mass is 16.2. The maximum absolute atomic E-state index is 12.8. The van der Waals surface area contributed by atoms with Gasteiger partial charge < -0.3 is 0 Å². The van der Waals surface area contributed by atoms with Gasteiger partial charge in [-0.1, -0.05) is 48.0 Å². The van der Waals surface area contributed by atoms with Gasteiger partial charge in [-0.05, 0) is 36.8 Å². The molecule has 4 aromatic rings. The van der Waals surface area contributed by atoms with Gasteiger partial charge in [-0.3, -0.25) is 9.78 Å². The molecule has 1 N–H and O–H groups in total. The van der Waals surface area contributed by atoms with Crippen LogP contribution in [0.15, 0.2) is 84.2 Å². The zero-order valence-electron chi connectivity index (χ0n) is 15.3. The molecule has 0 radical (unpaired) electrons. The van der Waals surface area contributed by atoms with Crippen molar-refractivity contribution in [3.63, 3.8) is 0 Å². The number of nitrogens with one attached hydrogen (secondary N) is 1. The van der Waals surface area contributed by atoms with Crippen molar-refractivity contribution in [3.8, 4) is 11.3 Å². The number of carbonyl (C=O) groups is 1. The number of aromatic nitrogens is 2. The highest BCUT2D eigenvalue weighted by molar-refractivity contribution is 6.07. The Hall–Kier alpha value is -3.86. The van der Waals surface area contributed by atoms with Crippen molar-refractivity contribution in [1.29, 1.82) is 0 Å².